The Bertz CT molecular complexity index is 842. The fourth-order valence-corrected chi connectivity index (χ4v) is 2.39. The van der Waals surface area contributed by atoms with Crippen molar-refractivity contribution in [2.45, 2.75) is 32.8 Å². The molecule has 0 bridgehead atoms. The van der Waals surface area contributed by atoms with E-state index in [4.69, 9.17) is 9.26 Å². The van der Waals surface area contributed by atoms with Gasteiger partial charge >= 0.3 is 0 Å². The summed E-state index contributed by atoms with van der Waals surface area (Å²) in [5.74, 6) is 1.64. The van der Waals surface area contributed by atoms with Gasteiger partial charge in [-0.25, -0.2) is 0 Å². The SMILES string of the molecule is CC(C)Oc1ccc(NC(=O)CCc2nc(-c3ccccc3)no2)cc1. The summed E-state index contributed by atoms with van der Waals surface area (Å²) in [4.78, 5) is 16.4. The number of aromatic nitrogens is 2. The van der Waals surface area contributed by atoms with Gasteiger partial charge in [0.25, 0.3) is 0 Å². The number of carbonyl (C=O) groups excluding carboxylic acids is 1. The van der Waals surface area contributed by atoms with Crippen LogP contribution < -0.4 is 10.1 Å². The number of ether oxygens (including phenoxy) is 1. The van der Waals surface area contributed by atoms with Gasteiger partial charge in [-0.3, -0.25) is 4.79 Å². The summed E-state index contributed by atoms with van der Waals surface area (Å²) in [7, 11) is 0. The first kappa shape index (κ1) is 17.7. The van der Waals surface area contributed by atoms with E-state index >= 15 is 0 Å². The summed E-state index contributed by atoms with van der Waals surface area (Å²) >= 11 is 0. The minimum atomic E-state index is -0.109. The molecule has 3 rings (SSSR count). The van der Waals surface area contributed by atoms with E-state index < -0.39 is 0 Å². The molecule has 0 saturated carbocycles. The first-order valence-electron chi connectivity index (χ1n) is 8.55. The summed E-state index contributed by atoms with van der Waals surface area (Å²) in [5.41, 5.74) is 1.61. The predicted molar refractivity (Wildman–Crippen MR) is 98.9 cm³/mol. The van der Waals surface area contributed by atoms with Crippen LogP contribution in [-0.2, 0) is 11.2 Å². The van der Waals surface area contributed by atoms with Crippen molar-refractivity contribution in [3.05, 3.63) is 60.5 Å². The highest BCUT2D eigenvalue weighted by Gasteiger charge is 2.11. The number of benzene rings is 2. The summed E-state index contributed by atoms with van der Waals surface area (Å²) < 4.78 is 10.8. The zero-order valence-electron chi connectivity index (χ0n) is 14.8. The third-order valence-corrected chi connectivity index (χ3v) is 3.58. The number of anilines is 1. The van der Waals surface area contributed by atoms with Crippen LogP contribution in [0.15, 0.2) is 59.1 Å². The minimum absolute atomic E-state index is 0.109. The van der Waals surface area contributed by atoms with Crippen LogP contribution in [-0.4, -0.2) is 22.2 Å². The lowest BCUT2D eigenvalue weighted by atomic mass is 10.2. The molecular formula is C20H21N3O3. The van der Waals surface area contributed by atoms with E-state index in [2.05, 4.69) is 15.5 Å². The molecule has 0 aliphatic rings. The highest BCUT2D eigenvalue weighted by Crippen LogP contribution is 2.18. The molecule has 1 amide bonds. The van der Waals surface area contributed by atoms with Crippen LogP contribution in [0.5, 0.6) is 5.75 Å². The molecule has 0 atom stereocenters. The van der Waals surface area contributed by atoms with E-state index in [9.17, 15) is 4.79 Å². The molecule has 0 unspecified atom stereocenters. The second-order valence-corrected chi connectivity index (χ2v) is 6.12. The largest absolute Gasteiger partial charge is 0.491 e. The molecule has 3 aromatic rings. The molecule has 6 nitrogen and oxygen atoms in total. The monoisotopic (exact) mass is 351 g/mol. The molecule has 2 aromatic carbocycles. The van der Waals surface area contributed by atoms with Gasteiger partial charge < -0.3 is 14.6 Å². The van der Waals surface area contributed by atoms with Crippen LogP contribution in [0.25, 0.3) is 11.4 Å². The quantitative estimate of drug-likeness (QED) is 0.693. The van der Waals surface area contributed by atoms with Crippen molar-refractivity contribution in [3.8, 4) is 17.1 Å². The highest BCUT2D eigenvalue weighted by atomic mass is 16.5. The Kier molecular flexibility index (Phi) is 5.63. The van der Waals surface area contributed by atoms with Crippen LogP contribution in [0.1, 0.15) is 26.2 Å². The average molecular weight is 351 g/mol. The maximum atomic E-state index is 12.1. The van der Waals surface area contributed by atoms with Crippen LogP contribution >= 0.6 is 0 Å². The molecule has 0 saturated heterocycles. The number of nitrogens with one attached hydrogen (secondary N) is 1. The lowest BCUT2D eigenvalue weighted by molar-refractivity contribution is -0.116. The van der Waals surface area contributed by atoms with Crippen molar-refractivity contribution in [2.24, 2.45) is 0 Å². The molecular weight excluding hydrogens is 330 g/mol. The van der Waals surface area contributed by atoms with Crippen LogP contribution in [0.4, 0.5) is 5.69 Å². The molecule has 6 heteroatoms. The number of nitrogens with zero attached hydrogens (tertiary/aromatic N) is 2. The lowest BCUT2D eigenvalue weighted by Crippen LogP contribution is -2.12. The van der Waals surface area contributed by atoms with Gasteiger partial charge in [0.1, 0.15) is 5.75 Å². The third kappa shape index (κ3) is 4.92. The van der Waals surface area contributed by atoms with Gasteiger partial charge in [-0.15, -0.1) is 0 Å². The smallest absolute Gasteiger partial charge is 0.227 e. The highest BCUT2D eigenvalue weighted by molar-refractivity contribution is 5.90. The van der Waals surface area contributed by atoms with E-state index in [1.54, 1.807) is 0 Å². The van der Waals surface area contributed by atoms with Crippen molar-refractivity contribution in [1.29, 1.82) is 0 Å². The third-order valence-electron chi connectivity index (χ3n) is 3.58. The molecule has 0 aliphatic heterocycles. The van der Waals surface area contributed by atoms with Crippen molar-refractivity contribution >= 4 is 11.6 Å². The van der Waals surface area contributed by atoms with Gasteiger partial charge in [-0.2, -0.15) is 4.98 Å². The zero-order chi connectivity index (χ0) is 18.4. The Labute approximate surface area is 152 Å². The van der Waals surface area contributed by atoms with Crippen molar-refractivity contribution < 1.29 is 14.1 Å². The van der Waals surface area contributed by atoms with Gasteiger partial charge in [0.2, 0.25) is 17.6 Å². The minimum Gasteiger partial charge on any atom is -0.491 e. The molecule has 1 N–H and O–H groups in total. The Morgan fingerprint density at radius 2 is 1.85 bits per heavy atom. The summed E-state index contributed by atoms with van der Waals surface area (Å²) in [6, 6.07) is 16.9. The van der Waals surface area contributed by atoms with Gasteiger partial charge in [0.15, 0.2) is 0 Å². The fraction of sp³-hybridized carbons (Fsp3) is 0.250. The fourth-order valence-electron chi connectivity index (χ4n) is 2.39. The van der Waals surface area contributed by atoms with Crippen LogP contribution in [0, 0.1) is 0 Å². The second kappa shape index (κ2) is 8.29. The second-order valence-electron chi connectivity index (χ2n) is 6.12. The summed E-state index contributed by atoms with van der Waals surface area (Å²) in [6.07, 6.45) is 0.770. The lowest BCUT2D eigenvalue weighted by Gasteiger charge is -2.10. The van der Waals surface area contributed by atoms with E-state index in [1.807, 2.05) is 68.4 Å². The first-order chi connectivity index (χ1) is 12.6. The number of rotatable bonds is 7. The Morgan fingerprint density at radius 1 is 1.12 bits per heavy atom. The molecule has 26 heavy (non-hydrogen) atoms. The van der Waals surface area contributed by atoms with Crippen molar-refractivity contribution in [3.63, 3.8) is 0 Å². The molecule has 0 radical (unpaired) electrons. The van der Waals surface area contributed by atoms with E-state index in [0.717, 1.165) is 17.0 Å². The number of hydrogen-bond donors (Lipinski definition) is 1. The van der Waals surface area contributed by atoms with Gasteiger partial charge in [-0.1, -0.05) is 35.5 Å². The molecule has 1 aromatic heterocycles. The maximum Gasteiger partial charge on any atom is 0.227 e. The van der Waals surface area contributed by atoms with Crippen LogP contribution in [0.2, 0.25) is 0 Å². The summed E-state index contributed by atoms with van der Waals surface area (Å²) in [6.45, 7) is 3.94. The maximum absolute atomic E-state index is 12.1. The number of hydrogen-bond acceptors (Lipinski definition) is 5. The Balaban J connectivity index is 1.50. The topological polar surface area (TPSA) is 77.2 Å². The standard InChI is InChI=1S/C20H21N3O3/c1-14(2)25-17-10-8-16(9-11-17)21-18(24)12-13-19-22-20(23-26-19)15-6-4-3-5-7-15/h3-11,14H,12-13H2,1-2H3,(H,21,24). The number of amides is 1. The van der Waals surface area contributed by atoms with E-state index in [-0.39, 0.29) is 18.4 Å². The molecule has 0 aliphatic carbocycles. The zero-order valence-corrected chi connectivity index (χ0v) is 14.8. The van der Waals surface area contributed by atoms with E-state index in [0.29, 0.717) is 18.1 Å². The van der Waals surface area contributed by atoms with Crippen molar-refractivity contribution in [2.75, 3.05) is 5.32 Å². The molecule has 134 valence electrons. The molecule has 1 heterocycles. The average Bonchev–Trinajstić information content (AvgIpc) is 3.11. The molecule has 0 spiro atoms. The Hall–Kier alpha value is -3.15. The van der Waals surface area contributed by atoms with E-state index in [1.165, 1.54) is 0 Å². The van der Waals surface area contributed by atoms with Gasteiger partial charge in [0.05, 0.1) is 6.10 Å². The number of carbonyl (C=O) groups is 1. The first-order valence-corrected chi connectivity index (χ1v) is 8.55. The summed E-state index contributed by atoms with van der Waals surface area (Å²) in [5, 5.41) is 6.80. The van der Waals surface area contributed by atoms with Gasteiger partial charge in [0, 0.05) is 24.1 Å². The number of aryl methyl sites for hydroxylation is 1. The van der Waals surface area contributed by atoms with Crippen molar-refractivity contribution in [1.82, 2.24) is 10.1 Å². The Morgan fingerprint density at radius 3 is 2.54 bits per heavy atom. The van der Waals surface area contributed by atoms with Gasteiger partial charge in [-0.05, 0) is 38.1 Å². The molecule has 0 fully saturated rings. The van der Waals surface area contributed by atoms with Crippen LogP contribution in [0.3, 0.4) is 0 Å². The normalized spacial score (nSPS) is 10.7. The predicted octanol–water partition coefficient (Wildman–Crippen LogP) is 4.10.